The van der Waals surface area contributed by atoms with Crippen molar-refractivity contribution in [3.05, 3.63) is 35.9 Å². The van der Waals surface area contributed by atoms with Crippen LogP contribution < -0.4 is 4.72 Å². The first kappa shape index (κ1) is 14.7. The highest BCUT2D eigenvalue weighted by Gasteiger charge is 2.11. The van der Waals surface area contributed by atoms with Crippen LogP contribution >= 0.6 is 0 Å². The molecule has 18 heavy (non-hydrogen) atoms. The minimum absolute atomic E-state index is 0.0435. The van der Waals surface area contributed by atoms with Gasteiger partial charge in [-0.3, -0.25) is 4.79 Å². The number of rotatable bonds is 7. The molecule has 0 atom stereocenters. The molecule has 0 saturated heterocycles. The van der Waals surface area contributed by atoms with Gasteiger partial charge in [0.05, 0.1) is 18.8 Å². The second-order valence-corrected chi connectivity index (χ2v) is 5.50. The zero-order valence-electron chi connectivity index (χ0n) is 10.3. The van der Waals surface area contributed by atoms with Crippen molar-refractivity contribution in [1.29, 1.82) is 0 Å². The highest BCUT2D eigenvalue weighted by atomic mass is 32.2. The lowest BCUT2D eigenvalue weighted by atomic mass is 10.2. The van der Waals surface area contributed by atoms with Crippen molar-refractivity contribution < 1.29 is 17.9 Å². The Morgan fingerprint density at radius 1 is 1.28 bits per heavy atom. The predicted octanol–water partition coefficient (Wildman–Crippen LogP) is 1.06. The second kappa shape index (κ2) is 7.13. The standard InChI is InChI=1S/C12H17NO4S/c1-2-17-12(14)8-9-13-18(15,16)10-11-6-4-3-5-7-11/h3-7,13H,2,8-10H2,1H3. The van der Waals surface area contributed by atoms with E-state index in [9.17, 15) is 13.2 Å². The van der Waals surface area contributed by atoms with Crippen molar-refractivity contribution in [2.24, 2.45) is 0 Å². The Hall–Kier alpha value is -1.40. The highest BCUT2D eigenvalue weighted by Crippen LogP contribution is 2.03. The van der Waals surface area contributed by atoms with E-state index in [0.29, 0.717) is 12.2 Å². The fourth-order valence-corrected chi connectivity index (χ4v) is 2.53. The molecule has 5 nitrogen and oxygen atoms in total. The molecule has 0 aliphatic carbocycles. The zero-order valence-corrected chi connectivity index (χ0v) is 11.1. The van der Waals surface area contributed by atoms with Crippen molar-refractivity contribution in [1.82, 2.24) is 4.72 Å². The Morgan fingerprint density at radius 2 is 1.94 bits per heavy atom. The van der Waals surface area contributed by atoms with Crippen molar-refractivity contribution in [3.63, 3.8) is 0 Å². The van der Waals surface area contributed by atoms with Gasteiger partial charge in [0.2, 0.25) is 10.0 Å². The predicted molar refractivity (Wildman–Crippen MR) is 68.3 cm³/mol. The fraction of sp³-hybridized carbons (Fsp3) is 0.417. The van der Waals surface area contributed by atoms with Gasteiger partial charge in [-0.2, -0.15) is 0 Å². The fourth-order valence-electron chi connectivity index (χ4n) is 1.39. The van der Waals surface area contributed by atoms with E-state index in [2.05, 4.69) is 4.72 Å². The Morgan fingerprint density at radius 3 is 2.56 bits per heavy atom. The van der Waals surface area contributed by atoms with Crippen molar-refractivity contribution in [3.8, 4) is 0 Å². The number of hydrogen-bond acceptors (Lipinski definition) is 4. The Kier molecular flexibility index (Phi) is 5.80. The monoisotopic (exact) mass is 271 g/mol. The molecule has 0 heterocycles. The molecule has 0 fully saturated rings. The summed E-state index contributed by atoms with van der Waals surface area (Å²) >= 11 is 0. The number of ether oxygens (including phenoxy) is 1. The average molecular weight is 271 g/mol. The minimum atomic E-state index is -3.40. The molecule has 1 rings (SSSR count). The molecule has 100 valence electrons. The third-order valence-corrected chi connectivity index (χ3v) is 3.51. The lowest BCUT2D eigenvalue weighted by Crippen LogP contribution is -2.27. The number of nitrogens with one attached hydrogen (secondary N) is 1. The van der Waals surface area contributed by atoms with Gasteiger partial charge in [-0.05, 0) is 12.5 Å². The molecular weight excluding hydrogens is 254 g/mol. The molecule has 0 spiro atoms. The third-order valence-electron chi connectivity index (χ3n) is 2.16. The van der Waals surface area contributed by atoms with Gasteiger partial charge in [0.1, 0.15) is 0 Å². The summed E-state index contributed by atoms with van der Waals surface area (Å²) in [7, 11) is -3.40. The van der Waals surface area contributed by atoms with Crippen LogP contribution in [0.25, 0.3) is 0 Å². The van der Waals surface area contributed by atoms with Crippen LogP contribution in [0.1, 0.15) is 18.9 Å². The number of carbonyl (C=O) groups is 1. The summed E-state index contributed by atoms with van der Waals surface area (Å²) in [6.07, 6.45) is 0.0435. The van der Waals surface area contributed by atoms with Crippen molar-refractivity contribution in [2.75, 3.05) is 13.2 Å². The largest absolute Gasteiger partial charge is 0.466 e. The molecule has 0 saturated carbocycles. The number of sulfonamides is 1. The minimum Gasteiger partial charge on any atom is -0.466 e. The third kappa shape index (κ3) is 5.79. The van der Waals surface area contributed by atoms with Crippen molar-refractivity contribution in [2.45, 2.75) is 19.1 Å². The van der Waals surface area contributed by atoms with Gasteiger partial charge in [-0.25, -0.2) is 13.1 Å². The van der Waals surface area contributed by atoms with Crippen LogP contribution in [-0.4, -0.2) is 27.5 Å². The topological polar surface area (TPSA) is 72.5 Å². The van der Waals surface area contributed by atoms with Gasteiger partial charge in [-0.15, -0.1) is 0 Å². The first-order valence-corrected chi connectivity index (χ1v) is 7.35. The van der Waals surface area contributed by atoms with E-state index in [1.54, 1.807) is 31.2 Å². The maximum Gasteiger partial charge on any atom is 0.307 e. The van der Waals surface area contributed by atoms with Gasteiger partial charge >= 0.3 is 5.97 Å². The summed E-state index contributed by atoms with van der Waals surface area (Å²) in [5.74, 6) is -0.490. The quantitative estimate of drug-likeness (QED) is 0.753. The molecule has 0 radical (unpaired) electrons. The van der Waals surface area contributed by atoms with Gasteiger partial charge < -0.3 is 4.74 Å². The summed E-state index contributed by atoms with van der Waals surface area (Å²) in [4.78, 5) is 11.0. The van der Waals surface area contributed by atoms with Gasteiger partial charge in [-0.1, -0.05) is 30.3 Å². The molecule has 0 unspecified atom stereocenters. The number of benzene rings is 1. The van der Waals surface area contributed by atoms with Crippen LogP contribution in [0.4, 0.5) is 0 Å². The Labute approximate surface area is 107 Å². The zero-order chi connectivity index (χ0) is 13.4. The van der Waals surface area contributed by atoms with E-state index in [4.69, 9.17) is 4.74 Å². The summed E-state index contributed by atoms with van der Waals surface area (Å²) in [5, 5.41) is 0. The first-order valence-electron chi connectivity index (χ1n) is 5.70. The molecule has 1 N–H and O–H groups in total. The number of esters is 1. The summed E-state index contributed by atoms with van der Waals surface area (Å²) in [6, 6.07) is 8.87. The lowest BCUT2D eigenvalue weighted by Gasteiger charge is -2.06. The lowest BCUT2D eigenvalue weighted by molar-refractivity contribution is -0.142. The molecule has 0 aliphatic rings. The smallest absolute Gasteiger partial charge is 0.307 e. The van der Waals surface area contributed by atoms with Crippen LogP contribution in [0.15, 0.2) is 30.3 Å². The van der Waals surface area contributed by atoms with Gasteiger partial charge in [0.25, 0.3) is 0 Å². The van der Waals surface area contributed by atoms with E-state index in [1.807, 2.05) is 6.07 Å². The molecule has 0 aromatic heterocycles. The summed E-state index contributed by atoms with van der Waals surface area (Å²) < 4.78 is 30.4. The summed E-state index contributed by atoms with van der Waals surface area (Å²) in [6.45, 7) is 2.07. The molecule has 0 bridgehead atoms. The van der Waals surface area contributed by atoms with E-state index in [0.717, 1.165) is 0 Å². The van der Waals surface area contributed by atoms with Gasteiger partial charge in [0, 0.05) is 6.54 Å². The first-order chi connectivity index (χ1) is 8.53. The second-order valence-electron chi connectivity index (χ2n) is 3.69. The van der Waals surface area contributed by atoms with E-state index in [1.165, 1.54) is 0 Å². The maximum atomic E-state index is 11.7. The van der Waals surface area contributed by atoms with Crippen LogP contribution in [0.3, 0.4) is 0 Å². The van der Waals surface area contributed by atoms with Crippen LogP contribution in [0, 0.1) is 0 Å². The highest BCUT2D eigenvalue weighted by molar-refractivity contribution is 7.88. The molecule has 1 aromatic carbocycles. The number of hydrogen-bond donors (Lipinski definition) is 1. The average Bonchev–Trinajstić information content (AvgIpc) is 2.29. The van der Waals surface area contributed by atoms with Crippen LogP contribution in [0.5, 0.6) is 0 Å². The van der Waals surface area contributed by atoms with E-state index < -0.39 is 16.0 Å². The Bertz CT molecular complexity index is 470. The van der Waals surface area contributed by atoms with Crippen LogP contribution in [0.2, 0.25) is 0 Å². The maximum absolute atomic E-state index is 11.7. The normalized spacial score (nSPS) is 11.2. The molecular formula is C12H17NO4S. The summed E-state index contributed by atoms with van der Waals surface area (Å²) in [5.41, 5.74) is 0.709. The molecule has 1 aromatic rings. The molecule has 0 amide bonds. The Balaban J connectivity index is 2.39. The number of carbonyl (C=O) groups excluding carboxylic acids is 1. The van der Waals surface area contributed by atoms with E-state index in [-0.39, 0.29) is 18.7 Å². The van der Waals surface area contributed by atoms with Gasteiger partial charge in [0.15, 0.2) is 0 Å². The van der Waals surface area contributed by atoms with Crippen molar-refractivity contribution >= 4 is 16.0 Å². The van der Waals surface area contributed by atoms with E-state index >= 15 is 0 Å². The SMILES string of the molecule is CCOC(=O)CCNS(=O)(=O)Cc1ccccc1. The van der Waals surface area contributed by atoms with Crippen LogP contribution in [-0.2, 0) is 25.3 Å². The molecule has 0 aliphatic heterocycles. The molecule has 6 heteroatoms.